The van der Waals surface area contributed by atoms with E-state index in [1.54, 1.807) is 10.4 Å². The van der Waals surface area contributed by atoms with Gasteiger partial charge in [0.05, 0.1) is 0 Å². The van der Waals surface area contributed by atoms with E-state index in [9.17, 15) is 8.42 Å². The normalized spacial score (nSPS) is 18.8. The molecule has 1 aliphatic heterocycles. The first-order chi connectivity index (χ1) is 9.39. The molecule has 0 unspecified atom stereocenters. The van der Waals surface area contributed by atoms with E-state index in [0.717, 1.165) is 24.5 Å². The third kappa shape index (κ3) is 3.81. The molecule has 0 aliphatic carbocycles. The number of hydrogen-bond acceptors (Lipinski definition) is 4. The summed E-state index contributed by atoms with van der Waals surface area (Å²) in [6.07, 6.45) is 1.18. The number of piperazine rings is 1. The summed E-state index contributed by atoms with van der Waals surface area (Å²) in [6.45, 7) is 10.4. The summed E-state index contributed by atoms with van der Waals surface area (Å²) >= 11 is 1.36. The molecule has 6 heteroatoms. The Morgan fingerprint density at radius 3 is 2.35 bits per heavy atom. The Labute approximate surface area is 126 Å². The molecular weight excluding hydrogens is 292 g/mol. The predicted octanol–water partition coefficient (Wildman–Crippen LogP) is 2.41. The molecule has 0 aromatic carbocycles. The second-order valence-corrected chi connectivity index (χ2v) is 9.25. The van der Waals surface area contributed by atoms with Gasteiger partial charge in [-0.1, -0.05) is 13.8 Å². The Morgan fingerprint density at radius 2 is 1.85 bits per heavy atom. The molecule has 0 saturated carbocycles. The summed E-state index contributed by atoms with van der Waals surface area (Å²) in [5, 5.41) is 0. The van der Waals surface area contributed by atoms with Gasteiger partial charge in [-0.05, 0) is 37.9 Å². The summed E-state index contributed by atoms with van der Waals surface area (Å²) in [5.74, 6) is 0.700. The highest BCUT2D eigenvalue weighted by molar-refractivity contribution is 7.91. The second kappa shape index (κ2) is 6.56. The predicted molar refractivity (Wildman–Crippen MR) is 83.7 cm³/mol. The van der Waals surface area contributed by atoms with Crippen LogP contribution < -0.4 is 0 Å². The Hall–Kier alpha value is -0.430. The third-order valence-corrected chi connectivity index (χ3v) is 7.03. The zero-order valence-electron chi connectivity index (χ0n) is 12.5. The van der Waals surface area contributed by atoms with Crippen molar-refractivity contribution in [1.29, 1.82) is 0 Å². The van der Waals surface area contributed by atoms with Gasteiger partial charge in [-0.3, -0.25) is 0 Å². The van der Waals surface area contributed by atoms with Gasteiger partial charge in [0.2, 0.25) is 0 Å². The minimum atomic E-state index is -3.27. The van der Waals surface area contributed by atoms with Gasteiger partial charge in [-0.15, -0.1) is 11.3 Å². The standard InChI is InChI=1S/C14H24N2O2S2/c1-12(2)6-7-15-8-10-16(11-9-15)20(17,18)14-5-4-13(3)19-14/h4-5,12H,6-11H2,1-3H3. The molecule has 0 radical (unpaired) electrons. The van der Waals surface area contributed by atoms with Gasteiger partial charge in [0.15, 0.2) is 0 Å². The van der Waals surface area contributed by atoms with Crippen molar-refractivity contribution in [2.75, 3.05) is 32.7 Å². The van der Waals surface area contributed by atoms with Crippen LogP contribution in [0.2, 0.25) is 0 Å². The first kappa shape index (κ1) is 15.9. The van der Waals surface area contributed by atoms with Crippen molar-refractivity contribution in [3.05, 3.63) is 17.0 Å². The summed E-state index contributed by atoms with van der Waals surface area (Å²) in [6, 6.07) is 3.59. The van der Waals surface area contributed by atoms with Crippen LogP contribution in [-0.2, 0) is 10.0 Å². The molecule has 1 aromatic rings. The van der Waals surface area contributed by atoms with Crippen LogP contribution >= 0.6 is 11.3 Å². The van der Waals surface area contributed by atoms with Gasteiger partial charge in [0.1, 0.15) is 4.21 Å². The average Bonchev–Trinajstić information content (AvgIpc) is 2.84. The van der Waals surface area contributed by atoms with Crippen LogP contribution in [0, 0.1) is 12.8 Å². The van der Waals surface area contributed by atoms with E-state index in [1.807, 2.05) is 13.0 Å². The quantitative estimate of drug-likeness (QED) is 0.837. The molecular formula is C14H24N2O2S2. The highest BCUT2D eigenvalue weighted by atomic mass is 32.2. The minimum Gasteiger partial charge on any atom is -0.301 e. The Morgan fingerprint density at radius 1 is 1.20 bits per heavy atom. The maximum Gasteiger partial charge on any atom is 0.252 e. The molecule has 0 N–H and O–H groups in total. The second-order valence-electron chi connectivity index (χ2n) is 5.79. The van der Waals surface area contributed by atoms with E-state index in [4.69, 9.17) is 0 Å². The molecule has 1 aromatic heterocycles. The molecule has 4 nitrogen and oxygen atoms in total. The van der Waals surface area contributed by atoms with Crippen molar-refractivity contribution >= 4 is 21.4 Å². The van der Waals surface area contributed by atoms with Crippen molar-refractivity contribution in [3.63, 3.8) is 0 Å². The lowest BCUT2D eigenvalue weighted by Gasteiger charge is -2.33. The van der Waals surface area contributed by atoms with Crippen molar-refractivity contribution in [1.82, 2.24) is 9.21 Å². The van der Waals surface area contributed by atoms with Gasteiger partial charge in [0, 0.05) is 31.1 Å². The average molecular weight is 316 g/mol. The highest BCUT2D eigenvalue weighted by Gasteiger charge is 2.29. The monoisotopic (exact) mass is 316 g/mol. The molecule has 20 heavy (non-hydrogen) atoms. The van der Waals surface area contributed by atoms with E-state index in [-0.39, 0.29) is 0 Å². The summed E-state index contributed by atoms with van der Waals surface area (Å²) in [5.41, 5.74) is 0. The van der Waals surface area contributed by atoms with Crippen LogP contribution in [0.3, 0.4) is 0 Å². The SMILES string of the molecule is Cc1ccc(S(=O)(=O)N2CCN(CCC(C)C)CC2)s1. The lowest BCUT2D eigenvalue weighted by atomic mass is 10.1. The summed E-state index contributed by atoms with van der Waals surface area (Å²) in [4.78, 5) is 3.41. The van der Waals surface area contributed by atoms with E-state index in [0.29, 0.717) is 23.2 Å². The number of nitrogens with zero attached hydrogens (tertiary/aromatic N) is 2. The number of hydrogen-bond donors (Lipinski definition) is 0. The molecule has 0 bridgehead atoms. The maximum atomic E-state index is 12.5. The molecule has 2 rings (SSSR count). The van der Waals surface area contributed by atoms with Crippen LogP contribution in [0.4, 0.5) is 0 Å². The van der Waals surface area contributed by atoms with Crippen LogP contribution in [0.25, 0.3) is 0 Å². The Kier molecular flexibility index (Phi) is 5.23. The lowest BCUT2D eigenvalue weighted by molar-refractivity contribution is 0.181. The topological polar surface area (TPSA) is 40.6 Å². The number of rotatable bonds is 5. The van der Waals surface area contributed by atoms with Crippen LogP contribution in [0.1, 0.15) is 25.1 Å². The molecule has 1 fully saturated rings. The summed E-state index contributed by atoms with van der Waals surface area (Å²) in [7, 11) is -3.27. The molecule has 114 valence electrons. The highest BCUT2D eigenvalue weighted by Crippen LogP contribution is 2.25. The van der Waals surface area contributed by atoms with Gasteiger partial charge in [0.25, 0.3) is 10.0 Å². The van der Waals surface area contributed by atoms with Crippen LogP contribution in [0.15, 0.2) is 16.3 Å². The lowest BCUT2D eigenvalue weighted by Crippen LogP contribution is -2.48. The van der Waals surface area contributed by atoms with Gasteiger partial charge in [-0.25, -0.2) is 8.42 Å². The zero-order chi connectivity index (χ0) is 14.8. The largest absolute Gasteiger partial charge is 0.301 e. The third-order valence-electron chi connectivity index (χ3n) is 3.66. The minimum absolute atomic E-state index is 0.477. The first-order valence-electron chi connectivity index (χ1n) is 7.18. The first-order valence-corrected chi connectivity index (χ1v) is 9.44. The Balaban J connectivity index is 1.93. The van der Waals surface area contributed by atoms with E-state index in [1.165, 1.54) is 17.8 Å². The van der Waals surface area contributed by atoms with E-state index >= 15 is 0 Å². The Bertz CT molecular complexity index is 529. The fourth-order valence-electron chi connectivity index (χ4n) is 2.31. The fourth-order valence-corrected chi connectivity index (χ4v) is 5.17. The van der Waals surface area contributed by atoms with Crippen molar-refractivity contribution in [2.24, 2.45) is 5.92 Å². The molecule has 0 atom stereocenters. The number of sulfonamides is 1. The molecule has 0 spiro atoms. The fraction of sp³-hybridized carbons (Fsp3) is 0.714. The molecule has 1 aliphatic rings. The van der Waals surface area contributed by atoms with Crippen molar-refractivity contribution in [2.45, 2.75) is 31.4 Å². The van der Waals surface area contributed by atoms with Gasteiger partial charge in [-0.2, -0.15) is 4.31 Å². The zero-order valence-corrected chi connectivity index (χ0v) is 14.1. The van der Waals surface area contributed by atoms with E-state index in [2.05, 4.69) is 18.7 Å². The van der Waals surface area contributed by atoms with Crippen LogP contribution in [-0.4, -0.2) is 50.3 Å². The number of thiophene rings is 1. The van der Waals surface area contributed by atoms with Gasteiger partial charge >= 0.3 is 0 Å². The molecule has 0 amide bonds. The smallest absolute Gasteiger partial charge is 0.252 e. The van der Waals surface area contributed by atoms with Crippen molar-refractivity contribution < 1.29 is 8.42 Å². The molecule has 1 saturated heterocycles. The van der Waals surface area contributed by atoms with Crippen molar-refractivity contribution in [3.8, 4) is 0 Å². The van der Waals surface area contributed by atoms with E-state index < -0.39 is 10.0 Å². The number of aryl methyl sites for hydroxylation is 1. The maximum absolute atomic E-state index is 12.5. The van der Waals surface area contributed by atoms with Crippen LogP contribution in [0.5, 0.6) is 0 Å². The summed E-state index contributed by atoms with van der Waals surface area (Å²) < 4.78 is 27.1. The van der Waals surface area contributed by atoms with Gasteiger partial charge < -0.3 is 4.90 Å². The molecule has 2 heterocycles.